The molecule has 0 fully saturated rings. The van der Waals surface area contributed by atoms with Gasteiger partial charge in [0, 0.05) is 44.5 Å². The summed E-state index contributed by atoms with van der Waals surface area (Å²) < 4.78 is 9.11. The van der Waals surface area contributed by atoms with Crippen molar-refractivity contribution >= 4 is 38.6 Å². The van der Waals surface area contributed by atoms with Crippen LogP contribution in [0, 0.1) is 26.0 Å². The summed E-state index contributed by atoms with van der Waals surface area (Å²) in [5.74, 6) is 2.30. The fourth-order valence-corrected chi connectivity index (χ4v) is 9.54. The van der Waals surface area contributed by atoms with Crippen molar-refractivity contribution < 1.29 is 25.8 Å². The average molecular weight is 847 g/mol. The number of pyridine rings is 1. The SMILES string of the molecule is Cc1cc2c3c(c1)c1cc(C)c(Oc4[c-]c(C5=N[C@@H]6Cc7ccccc7[C@@H]6S5)cc(-c5ccccc5)c4)[c-]c1n3-c1ncccc1C2(C)C.[Pt+2]. The third kappa shape index (κ3) is 4.70. The summed E-state index contributed by atoms with van der Waals surface area (Å²) in [6, 6.07) is 42.3. The van der Waals surface area contributed by atoms with Crippen LogP contribution in [-0.4, -0.2) is 20.6 Å². The Morgan fingerprint density at radius 2 is 1.66 bits per heavy atom. The number of thioether (sulfide) groups is 1. The van der Waals surface area contributed by atoms with Gasteiger partial charge in [-0.2, -0.15) is 6.07 Å². The fourth-order valence-electron chi connectivity index (χ4n) is 8.19. The first-order valence-corrected chi connectivity index (χ1v) is 17.8. The van der Waals surface area contributed by atoms with Crippen molar-refractivity contribution in [3.63, 3.8) is 0 Å². The summed E-state index contributed by atoms with van der Waals surface area (Å²) in [6.07, 6.45) is 2.87. The van der Waals surface area contributed by atoms with Crippen LogP contribution in [0.2, 0.25) is 0 Å². The van der Waals surface area contributed by atoms with Gasteiger partial charge in [0.2, 0.25) is 0 Å². The maximum Gasteiger partial charge on any atom is 2.00 e. The molecular weight excluding hydrogens is 814 g/mol. The van der Waals surface area contributed by atoms with Crippen molar-refractivity contribution in [1.82, 2.24) is 9.55 Å². The van der Waals surface area contributed by atoms with Gasteiger partial charge >= 0.3 is 21.1 Å². The van der Waals surface area contributed by atoms with Gasteiger partial charge in [-0.05, 0) is 47.1 Å². The third-order valence-electron chi connectivity index (χ3n) is 10.6. The average Bonchev–Trinajstić information content (AvgIpc) is 3.78. The van der Waals surface area contributed by atoms with Gasteiger partial charge in [-0.1, -0.05) is 122 Å². The van der Waals surface area contributed by atoms with Crippen molar-refractivity contribution in [3.05, 3.63) is 154 Å². The zero-order valence-electron chi connectivity index (χ0n) is 28.2. The molecule has 0 spiro atoms. The number of aryl methyl sites for hydroxylation is 2. The van der Waals surface area contributed by atoms with E-state index in [2.05, 4.69) is 135 Å². The van der Waals surface area contributed by atoms with E-state index in [-0.39, 0.29) is 32.5 Å². The Labute approximate surface area is 310 Å². The summed E-state index contributed by atoms with van der Waals surface area (Å²) in [7, 11) is 0. The second kappa shape index (κ2) is 11.5. The molecule has 0 bridgehead atoms. The molecule has 2 aromatic heterocycles. The van der Waals surface area contributed by atoms with Gasteiger partial charge < -0.3 is 14.3 Å². The Hall–Kier alpha value is -4.44. The molecule has 4 heterocycles. The zero-order chi connectivity index (χ0) is 33.0. The number of hydrogen-bond donors (Lipinski definition) is 0. The number of fused-ring (bicyclic) bond motifs is 8. The summed E-state index contributed by atoms with van der Waals surface area (Å²) in [6.45, 7) is 8.91. The second-order valence-electron chi connectivity index (χ2n) is 14.1. The van der Waals surface area contributed by atoms with Crippen molar-refractivity contribution in [2.24, 2.45) is 4.99 Å². The molecule has 0 N–H and O–H groups in total. The van der Waals surface area contributed by atoms with E-state index >= 15 is 0 Å². The minimum Gasteiger partial charge on any atom is -0.503 e. The summed E-state index contributed by atoms with van der Waals surface area (Å²) in [5.41, 5.74) is 12.8. The van der Waals surface area contributed by atoms with E-state index in [1.165, 1.54) is 38.7 Å². The van der Waals surface area contributed by atoms with Crippen molar-refractivity contribution in [3.8, 4) is 28.4 Å². The smallest absolute Gasteiger partial charge is 0.503 e. The third-order valence-corrected chi connectivity index (χ3v) is 12.0. The molecule has 0 saturated carbocycles. The van der Waals surface area contributed by atoms with E-state index in [9.17, 15) is 0 Å². The number of aromatic nitrogens is 2. The van der Waals surface area contributed by atoms with E-state index in [1.807, 2.05) is 24.0 Å². The van der Waals surface area contributed by atoms with Gasteiger partial charge in [0.05, 0.1) is 6.04 Å². The van der Waals surface area contributed by atoms with E-state index in [0.29, 0.717) is 16.7 Å². The molecule has 0 unspecified atom stereocenters. The molecule has 10 rings (SSSR count). The predicted molar refractivity (Wildman–Crippen MR) is 201 cm³/mol. The number of nitrogens with zero attached hydrogens (tertiary/aromatic N) is 3. The largest absolute Gasteiger partial charge is 2.00 e. The number of rotatable bonds is 4. The van der Waals surface area contributed by atoms with Crippen LogP contribution in [0.15, 0.2) is 108 Å². The molecule has 4 nitrogen and oxygen atoms in total. The molecule has 50 heavy (non-hydrogen) atoms. The molecule has 3 aliphatic rings. The van der Waals surface area contributed by atoms with Gasteiger partial charge in [0.1, 0.15) is 5.82 Å². The monoisotopic (exact) mass is 846 g/mol. The molecule has 7 aromatic rings. The number of ether oxygens (including phenoxy) is 1. The predicted octanol–water partition coefficient (Wildman–Crippen LogP) is 10.7. The fraction of sp³-hybridized carbons (Fsp3) is 0.182. The molecule has 246 valence electrons. The van der Waals surface area contributed by atoms with E-state index in [4.69, 9.17) is 14.7 Å². The van der Waals surface area contributed by atoms with Crippen LogP contribution < -0.4 is 4.74 Å². The maximum atomic E-state index is 6.82. The van der Waals surface area contributed by atoms with Crippen LogP contribution in [0.4, 0.5) is 0 Å². The first kappa shape index (κ1) is 31.5. The maximum absolute atomic E-state index is 6.82. The molecule has 2 atom stereocenters. The van der Waals surface area contributed by atoms with E-state index in [0.717, 1.165) is 50.4 Å². The molecule has 6 heteroatoms. The van der Waals surface area contributed by atoms with Crippen molar-refractivity contribution in [2.75, 3.05) is 0 Å². The van der Waals surface area contributed by atoms with Gasteiger partial charge in [0.25, 0.3) is 0 Å². The number of aliphatic imine (C=N–C) groups is 1. The zero-order valence-corrected chi connectivity index (χ0v) is 31.2. The Kier molecular flexibility index (Phi) is 7.28. The number of benzene rings is 5. The van der Waals surface area contributed by atoms with E-state index in [1.54, 1.807) is 0 Å². The molecule has 2 aliphatic heterocycles. The van der Waals surface area contributed by atoms with Crippen LogP contribution in [0.5, 0.6) is 11.5 Å². The Morgan fingerprint density at radius 1 is 0.840 bits per heavy atom. The quantitative estimate of drug-likeness (QED) is 0.166. The Balaban J connectivity index is 0.00000336. The molecule has 0 saturated heterocycles. The Bertz CT molecular complexity index is 2550. The molecule has 1 aliphatic carbocycles. The standard InChI is InChI=1S/C44H33N3OS.Pt/c1-25-17-34-33-19-26(2)39(24-38(33)47-40(34)36(18-25)44(3,4)35-15-10-16-45-42(35)47)48-31-21-29(27-11-6-5-7-12-27)20-30(22-31)43-46-37-23-28-13-8-9-14-32(28)41(37)49-43;/h5-21,37,41H,23H2,1-4H3;/q-2;+2/t37-,41+;/m1./s1. The normalized spacial score (nSPS) is 18.0. The van der Waals surface area contributed by atoms with Gasteiger partial charge in [0.15, 0.2) is 0 Å². The van der Waals surface area contributed by atoms with Crippen LogP contribution in [0.25, 0.3) is 38.8 Å². The molecule has 0 radical (unpaired) electrons. The van der Waals surface area contributed by atoms with Crippen LogP contribution in [-0.2, 0) is 32.9 Å². The van der Waals surface area contributed by atoms with Crippen molar-refractivity contribution in [1.29, 1.82) is 0 Å². The van der Waals surface area contributed by atoms with Crippen LogP contribution in [0.1, 0.15) is 58.0 Å². The summed E-state index contributed by atoms with van der Waals surface area (Å²) in [4.78, 5) is 10.2. The summed E-state index contributed by atoms with van der Waals surface area (Å²) in [5, 5.41) is 3.76. The van der Waals surface area contributed by atoms with Gasteiger partial charge in [-0.3, -0.25) is 0 Å². The van der Waals surface area contributed by atoms with Crippen LogP contribution in [0.3, 0.4) is 0 Å². The second-order valence-corrected chi connectivity index (χ2v) is 15.3. The minimum absolute atomic E-state index is 0. The molecule has 0 amide bonds. The Morgan fingerprint density at radius 3 is 2.52 bits per heavy atom. The molecular formula is C44H33N3OPtS. The van der Waals surface area contributed by atoms with Crippen molar-refractivity contribution in [2.45, 2.75) is 50.8 Å². The number of hydrogen-bond acceptors (Lipinski definition) is 4. The minimum atomic E-state index is -0.183. The van der Waals surface area contributed by atoms with E-state index < -0.39 is 0 Å². The first-order valence-electron chi connectivity index (χ1n) is 16.9. The molecule has 5 aromatic carbocycles. The van der Waals surface area contributed by atoms with Crippen LogP contribution >= 0.6 is 11.8 Å². The van der Waals surface area contributed by atoms with Gasteiger partial charge in [-0.15, -0.1) is 40.4 Å². The summed E-state index contributed by atoms with van der Waals surface area (Å²) >= 11 is 1.86. The van der Waals surface area contributed by atoms with Gasteiger partial charge in [-0.25, -0.2) is 4.98 Å². The topological polar surface area (TPSA) is 39.4 Å². The first-order chi connectivity index (χ1) is 23.8.